The van der Waals surface area contributed by atoms with E-state index in [1.807, 2.05) is 47.4 Å². The Balaban J connectivity index is 1.59. The zero-order valence-corrected chi connectivity index (χ0v) is 13.6. The van der Waals surface area contributed by atoms with Crippen LogP contribution in [0.15, 0.2) is 54.6 Å². The number of rotatable bonds is 4. The van der Waals surface area contributed by atoms with E-state index >= 15 is 0 Å². The van der Waals surface area contributed by atoms with Crippen LogP contribution in [0.4, 0.5) is 11.4 Å². The molecule has 1 aliphatic rings. The second kappa shape index (κ2) is 7.24. The van der Waals surface area contributed by atoms with Gasteiger partial charge in [-0.05, 0) is 42.4 Å². The molecule has 2 aromatic carbocycles. The van der Waals surface area contributed by atoms with Gasteiger partial charge in [-0.25, -0.2) is 0 Å². The quantitative estimate of drug-likeness (QED) is 0.847. The molecule has 0 spiro atoms. The van der Waals surface area contributed by atoms with Gasteiger partial charge in [0.05, 0.1) is 0 Å². The molecule has 1 amide bonds. The summed E-state index contributed by atoms with van der Waals surface area (Å²) in [5.74, 6) is 0.187. The van der Waals surface area contributed by atoms with Crippen molar-refractivity contribution in [1.29, 1.82) is 0 Å². The van der Waals surface area contributed by atoms with Gasteiger partial charge in [0.25, 0.3) is 0 Å². The van der Waals surface area contributed by atoms with Crippen LogP contribution in [0.5, 0.6) is 0 Å². The predicted octanol–water partition coefficient (Wildman–Crippen LogP) is 3.30. The maximum Gasteiger partial charge on any atom is 0.227 e. The lowest BCUT2D eigenvalue weighted by atomic mass is 10.2. The van der Waals surface area contributed by atoms with Crippen LogP contribution in [0.25, 0.3) is 0 Å². The van der Waals surface area contributed by atoms with Gasteiger partial charge in [0, 0.05) is 30.9 Å². The summed E-state index contributed by atoms with van der Waals surface area (Å²) in [5.41, 5.74) is 2.98. The molecule has 5 heteroatoms. The van der Waals surface area contributed by atoms with Crippen molar-refractivity contribution in [2.24, 2.45) is 0 Å². The molecule has 0 aromatic heterocycles. The van der Waals surface area contributed by atoms with Crippen LogP contribution in [0.1, 0.15) is 18.4 Å². The number of nitrogens with zero attached hydrogens (tertiary/aromatic N) is 1. The monoisotopic (exact) mass is 325 g/mol. The molecule has 0 saturated carbocycles. The Morgan fingerprint density at radius 2 is 1.96 bits per heavy atom. The third-order valence-electron chi connectivity index (χ3n) is 3.79. The molecular weight excluding hydrogens is 306 g/mol. The van der Waals surface area contributed by atoms with E-state index in [0.717, 1.165) is 24.3 Å². The van der Waals surface area contributed by atoms with Gasteiger partial charge < -0.3 is 15.5 Å². The van der Waals surface area contributed by atoms with Gasteiger partial charge in [-0.15, -0.1) is 0 Å². The van der Waals surface area contributed by atoms with Crippen molar-refractivity contribution in [3.05, 3.63) is 60.2 Å². The van der Waals surface area contributed by atoms with Crippen molar-refractivity contribution in [2.75, 3.05) is 16.8 Å². The lowest BCUT2D eigenvalue weighted by Gasteiger charge is -2.17. The minimum Gasteiger partial charge on any atom is -0.358 e. The maximum absolute atomic E-state index is 11.8. The second-order valence-electron chi connectivity index (χ2n) is 5.49. The molecule has 4 nitrogen and oxygen atoms in total. The number of carbonyl (C=O) groups excluding carboxylic acids is 1. The van der Waals surface area contributed by atoms with E-state index in [1.54, 1.807) is 0 Å². The number of carbonyl (C=O) groups is 1. The van der Waals surface area contributed by atoms with Crippen LogP contribution in [0.3, 0.4) is 0 Å². The molecule has 0 unspecified atom stereocenters. The highest BCUT2D eigenvalue weighted by Crippen LogP contribution is 2.24. The molecule has 0 atom stereocenters. The molecule has 3 rings (SSSR count). The van der Waals surface area contributed by atoms with Gasteiger partial charge in [0.1, 0.15) is 0 Å². The van der Waals surface area contributed by atoms with Crippen LogP contribution in [0.2, 0.25) is 0 Å². The van der Waals surface area contributed by atoms with Crippen molar-refractivity contribution in [3.63, 3.8) is 0 Å². The smallest absolute Gasteiger partial charge is 0.227 e. The standard InChI is InChI=1S/C18H19N3OS/c22-17-10-5-11-21(17)16-9-4-8-15(12-16)20-18(23)19-13-14-6-2-1-3-7-14/h1-4,6-9,12H,5,10-11,13H2,(H2,19,20,23). The van der Waals surface area contributed by atoms with Gasteiger partial charge in [-0.3, -0.25) is 4.79 Å². The summed E-state index contributed by atoms with van der Waals surface area (Å²) in [6.07, 6.45) is 1.56. The van der Waals surface area contributed by atoms with Crippen molar-refractivity contribution in [1.82, 2.24) is 5.32 Å². The normalized spacial score (nSPS) is 13.9. The van der Waals surface area contributed by atoms with E-state index in [2.05, 4.69) is 22.8 Å². The Kier molecular flexibility index (Phi) is 4.88. The summed E-state index contributed by atoms with van der Waals surface area (Å²) >= 11 is 5.33. The largest absolute Gasteiger partial charge is 0.358 e. The summed E-state index contributed by atoms with van der Waals surface area (Å²) in [5, 5.41) is 6.93. The van der Waals surface area contributed by atoms with E-state index in [9.17, 15) is 4.79 Å². The molecule has 1 aliphatic heterocycles. The lowest BCUT2D eigenvalue weighted by molar-refractivity contribution is -0.117. The van der Waals surface area contributed by atoms with Gasteiger partial charge >= 0.3 is 0 Å². The number of benzene rings is 2. The Hall–Kier alpha value is -2.40. The van der Waals surface area contributed by atoms with Crippen LogP contribution in [0, 0.1) is 0 Å². The molecule has 0 radical (unpaired) electrons. The average Bonchev–Trinajstić information content (AvgIpc) is 3.00. The summed E-state index contributed by atoms with van der Waals surface area (Å²) in [7, 11) is 0. The lowest BCUT2D eigenvalue weighted by Crippen LogP contribution is -2.28. The highest BCUT2D eigenvalue weighted by Gasteiger charge is 2.21. The Labute approximate surface area is 141 Å². The fourth-order valence-electron chi connectivity index (χ4n) is 2.63. The molecular formula is C18H19N3OS. The first kappa shape index (κ1) is 15.5. The highest BCUT2D eigenvalue weighted by molar-refractivity contribution is 7.80. The van der Waals surface area contributed by atoms with Gasteiger partial charge in [-0.1, -0.05) is 36.4 Å². The number of hydrogen-bond donors (Lipinski definition) is 2. The van der Waals surface area contributed by atoms with Crippen molar-refractivity contribution >= 4 is 34.6 Å². The van der Waals surface area contributed by atoms with Gasteiger partial charge in [0.15, 0.2) is 5.11 Å². The Morgan fingerprint density at radius 1 is 1.13 bits per heavy atom. The molecule has 0 bridgehead atoms. The maximum atomic E-state index is 11.8. The third kappa shape index (κ3) is 4.07. The number of hydrogen-bond acceptors (Lipinski definition) is 2. The summed E-state index contributed by atoms with van der Waals surface area (Å²) in [4.78, 5) is 13.7. The first-order valence-electron chi connectivity index (χ1n) is 7.71. The topological polar surface area (TPSA) is 44.4 Å². The first-order valence-corrected chi connectivity index (χ1v) is 8.12. The van der Waals surface area contributed by atoms with E-state index in [4.69, 9.17) is 12.2 Å². The average molecular weight is 325 g/mol. The molecule has 118 valence electrons. The molecule has 1 heterocycles. The number of amides is 1. The van der Waals surface area contributed by atoms with E-state index in [0.29, 0.717) is 18.1 Å². The predicted molar refractivity (Wildman–Crippen MR) is 97.5 cm³/mol. The van der Waals surface area contributed by atoms with Crippen LogP contribution >= 0.6 is 12.2 Å². The Bertz CT molecular complexity index is 702. The fraction of sp³-hybridized carbons (Fsp3) is 0.222. The summed E-state index contributed by atoms with van der Waals surface area (Å²) in [6, 6.07) is 17.9. The van der Waals surface area contributed by atoms with E-state index in [1.165, 1.54) is 5.56 Å². The molecule has 1 fully saturated rings. The minimum absolute atomic E-state index is 0.187. The molecule has 2 aromatic rings. The van der Waals surface area contributed by atoms with Crippen LogP contribution in [-0.4, -0.2) is 17.6 Å². The Morgan fingerprint density at radius 3 is 2.70 bits per heavy atom. The summed E-state index contributed by atoms with van der Waals surface area (Å²) < 4.78 is 0. The van der Waals surface area contributed by atoms with Crippen molar-refractivity contribution in [2.45, 2.75) is 19.4 Å². The minimum atomic E-state index is 0.187. The SMILES string of the molecule is O=C1CCCN1c1cccc(NC(=S)NCc2ccccc2)c1. The number of anilines is 2. The van der Waals surface area contributed by atoms with Gasteiger partial charge in [0.2, 0.25) is 5.91 Å². The molecule has 1 saturated heterocycles. The zero-order valence-electron chi connectivity index (χ0n) is 12.8. The first-order chi connectivity index (χ1) is 11.2. The van der Waals surface area contributed by atoms with Crippen LogP contribution in [-0.2, 0) is 11.3 Å². The van der Waals surface area contributed by atoms with E-state index in [-0.39, 0.29) is 5.91 Å². The van der Waals surface area contributed by atoms with E-state index < -0.39 is 0 Å². The third-order valence-corrected chi connectivity index (χ3v) is 4.03. The van der Waals surface area contributed by atoms with Crippen LogP contribution < -0.4 is 15.5 Å². The van der Waals surface area contributed by atoms with Crippen molar-refractivity contribution < 1.29 is 4.79 Å². The molecule has 2 N–H and O–H groups in total. The van der Waals surface area contributed by atoms with Gasteiger partial charge in [-0.2, -0.15) is 0 Å². The fourth-order valence-corrected chi connectivity index (χ4v) is 2.82. The number of nitrogens with one attached hydrogen (secondary N) is 2. The summed E-state index contributed by atoms with van der Waals surface area (Å²) in [6.45, 7) is 1.47. The van der Waals surface area contributed by atoms with Crippen molar-refractivity contribution in [3.8, 4) is 0 Å². The number of thiocarbonyl (C=S) groups is 1. The zero-order chi connectivity index (χ0) is 16.1. The molecule has 0 aliphatic carbocycles. The second-order valence-corrected chi connectivity index (χ2v) is 5.90. The highest BCUT2D eigenvalue weighted by atomic mass is 32.1. The molecule has 23 heavy (non-hydrogen) atoms.